The molecule has 6 nitrogen and oxygen atoms in total. The molecule has 2 N–H and O–H groups in total. The fourth-order valence-electron chi connectivity index (χ4n) is 3.72. The van der Waals surface area contributed by atoms with Crippen LogP contribution >= 0.6 is 11.3 Å². The molecule has 132 valence electrons. The first-order valence-corrected chi connectivity index (χ1v) is 10.9. The molecule has 0 aliphatic heterocycles. The molecule has 3 atom stereocenters. The van der Waals surface area contributed by atoms with Crippen molar-refractivity contribution in [2.24, 2.45) is 17.8 Å². The first kappa shape index (κ1) is 16.5. The zero-order valence-electron chi connectivity index (χ0n) is 13.7. The third kappa shape index (κ3) is 3.55. The van der Waals surface area contributed by atoms with Crippen LogP contribution in [0, 0.1) is 17.8 Å². The third-order valence-electron chi connectivity index (χ3n) is 4.86. The average molecular weight is 377 g/mol. The Balaban J connectivity index is 1.45. The first-order valence-electron chi connectivity index (χ1n) is 8.22. The van der Waals surface area contributed by atoms with E-state index in [4.69, 9.17) is 0 Å². The Morgan fingerprint density at radius 1 is 1.32 bits per heavy atom. The summed E-state index contributed by atoms with van der Waals surface area (Å²) in [5.74, 6) is 1.75. The van der Waals surface area contributed by atoms with Gasteiger partial charge in [-0.2, -0.15) is 0 Å². The predicted octanol–water partition coefficient (Wildman–Crippen LogP) is 2.61. The number of nitrogens with zero attached hydrogens (tertiary/aromatic N) is 1. The number of aromatic nitrogens is 1. The number of carbonyl (C=O) groups is 1. The Morgan fingerprint density at radius 2 is 2.16 bits per heavy atom. The highest BCUT2D eigenvalue weighted by molar-refractivity contribution is 7.92. The number of nitrogens with one attached hydrogen (secondary N) is 2. The Hall–Kier alpha value is -1.93. The van der Waals surface area contributed by atoms with Gasteiger partial charge < -0.3 is 5.32 Å². The summed E-state index contributed by atoms with van der Waals surface area (Å²) in [4.78, 5) is 16.7. The topological polar surface area (TPSA) is 88.2 Å². The normalized spacial score (nSPS) is 24.8. The van der Waals surface area contributed by atoms with Crippen LogP contribution in [-0.4, -0.2) is 32.1 Å². The van der Waals surface area contributed by atoms with Gasteiger partial charge in [-0.15, -0.1) is 0 Å². The summed E-state index contributed by atoms with van der Waals surface area (Å²) < 4.78 is 25.8. The highest BCUT2D eigenvalue weighted by atomic mass is 32.2. The summed E-state index contributed by atoms with van der Waals surface area (Å²) in [5, 5.41) is 3.34. The van der Waals surface area contributed by atoms with Crippen molar-refractivity contribution in [1.29, 1.82) is 0 Å². The van der Waals surface area contributed by atoms with Gasteiger partial charge in [0.1, 0.15) is 0 Å². The van der Waals surface area contributed by atoms with Crippen LogP contribution in [0.25, 0.3) is 10.2 Å². The zero-order valence-corrected chi connectivity index (χ0v) is 15.4. The summed E-state index contributed by atoms with van der Waals surface area (Å²) in [6.07, 6.45) is 8.05. The summed E-state index contributed by atoms with van der Waals surface area (Å²) in [7, 11) is -3.36. The molecule has 2 aliphatic carbocycles. The van der Waals surface area contributed by atoms with Crippen molar-refractivity contribution in [2.75, 3.05) is 17.5 Å². The summed E-state index contributed by atoms with van der Waals surface area (Å²) >= 11 is 1.22. The largest absolute Gasteiger partial charge is 0.352 e. The molecule has 8 heteroatoms. The van der Waals surface area contributed by atoms with Crippen LogP contribution in [0.1, 0.15) is 23.2 Å². The summed E-state index contributed by atoms with van der Waals surface area (Å²) in [5.41, 5.74) is 1.24. The molecule has 2 aromatic rings. The molecule has 4 rings (SSSR count). The zero-order chi connectivity index (χ0) is 17.6. The van der Waals surface area contributed by atoms with E-state index in [1.54, 1.807) is 18.2 Å². The third-order valence-corrected chi connectivity index (χ3v) is 6.49. The summed E-state index contributed by atoms with van der Waals surface area (Å²) in [6, 6.07) is 5.23. The van der Waals surface area contributed by atoms with Crippen molar-refractivity contribution in [3.05, 3.63) is 35.9 Å². The van der Waals surface area contributed by atoms with Crippen molar-refractivity contribution in [2.45, 2.75) is 12.8 Å². The van der Waals surface area contributed by atoms with Crippen LogP contribution in [0.15, 0.2) is 30.4 Å². The molecule has 0 spiro atoms. The molecule has 0 saturated heterocycles. The van der Waals surface area contributed by atoms with Gasteiger partial charge in [-0.3, -0.25) is 9.52 Å². The van der Waals surface area contributed by atoms with Crippen LogP contribution in [-0.2, 0) is 10.0 Å². The van der Waals surface area contributed by atoms with Gasteiger partial charge in [0.05, 0.1) is 16.5 Å². The number of amides is 1. The fourth-order valence-corrected chi connectivity index (χ4v) is 5.46. The summed E-state index contributed by atoms with van der Waals surface area (Å²) in [6.45, 7) is 0.700. The van der Waals surface area contributed by atoms with Crippen LogP contribution in [0.4, 0.5) is 5.13 Å². The lowest BCUT2D eigenvalue weighted by molar-refractivity contribution is 0.0945. The van der Waals surface area contributed by atoms with Crippen molar-refractivity contribution in [1.82, 2.24) is 10.3 Å². The van der Waals surface area contributed by atoms with Crippen LogP contribution < -0.4 is 10.0 Å². The molecule has 1 fully saturated rings. The van der Waals surface area contributed by atoms with E-state index in [-0.39, 0.29) is 5.91 Å². The molecular formula is C17H19N3O3S2. The minimum Gasteiger partial charge on any atom is -0.352 e. The highest BCUT2D eigenvalue weighted by Crippen LogP contribution is 2.43. The number of hydrogen-bond donors (Lipinski definition) is 2. The number of hydrogen-bond acceptors (Lipinski definition) is 5. The monoisotopic (exact) mass is 377 g/mol. The van der Waals surface area contributed by atoms with Gasteiger partial charge in [0, 0.05) is 12.1 Å². The van der Waals surface area contributed by atoms with E-state index in [1.807, 2.05) is 0 Å². The first-order chi connectivity index (χ1) is 11.9. The number of thiazole rings is 1. The Morgan fingerprint density at radius 3 is 2.84 bits per heavy atom. The SMILES string of the molecule is CS(=O)(=O)Nc1nc2ccc(C(=O)NC[C@H]3C[C@@H]4C=C[C@@H]3C4)cc2s1. The quantitative estimate of drug-likeness (QED) is 0.784. The predicted molar refractivity (Wildman–Crippen MR) is 99.3 cm³/mol. The molecule has 1 amide bonds. The van der Waals surface area contributed by atoms with Crippen LogP contribution in [0.5, 0.6) is 0 Å². The van der Waals surface area contributed by atoms with Gasteiger partial charge in [-0.25, -0.2) is 13.4 Å². The average Bonchev–Trinajstić information content (AvgIpc) is 3.24. The molecule has 1 aromatic heterocycles. The van der Waals surface area contributed by atoms with Crippen molar-refractivity contribution < 1.29 is 13.2 Å². The molecular weight excluding hydrogens is 358 g/mol. The molecule has 0 radical (unpaired) electrons. The Kier molecular flexibility index (Phi) is 4.04. The lowest BCUT2D eigenvalue weighted by Crippen LogP contribution is -2.30. The number of rotatable bonds is 5. The molecule has 1 heterocycles. The fraction of sp³-hybridized carbons (Fsp3) is 0.412. The minimum atomic E-state index is -3.36. The molecule has 1 saturated carbocycles. The molecule has 2 bridgehead atoms. The second-order valence-electron chi connectivity index (χ2n) is 6.83. The maximum absolute atomic E-state index is 12.4. The van der Waals surface area contributed by atoms with Crippen molar-refractivity contribution in [3.8, 4) is 0 Å². The van der Waals surface area contributed by atoms with E-state index < -0.39 is 10.0 Å². The molecule has 25 heavy (non-hydrogen) atoms. The highest BCUT2D eigenvalue weighted by Gasteiger charge is 2.35. The van der Waals surface area contributed by atoms with E-state index in [1.165, 1.54) is 17.8 Å². The Labute approximate surface area is 150 Å². The minimum absolute atomic E-state index is 0.0975. The van der Waals surface area contributed by atoms with Gasteiger partial charge in [-0.05, 0) is 48.8 Å². The van der Waals surface area contributed by atoms with E-state index in [9.17, 15) is 13.2 Å². The van der Waals surface area contributed by atoms with Gasteiger partial charge in [0.15, 0.2) is 5.13 Å². The molecule has 2 aliphatic rings. The van der Waals surface area contributed by atoms with Gasteiger partial charge in [-0.1, -0.05) is 23.5 Å². The number of carbonyl (C=O) groups excluding carboxylic acids is 1. The number of benzene rings is 1. The molecule has 1 aromatic carbocycles. The van der Waals surface area contributed by atoms with Crippen molar-refractivity contribution >= 4 is 42.6 Å². The van der Waals surface area contributed by atoms with Gasteiger partial charge >= 0.3 is 0 Å². The van der Waals surface area contributed by atoms with E-state index in [0.29, 0.717) is 40.5 Å². The lowest BCUT2D eigenvalue weighted by atomic mass is 9.93. The van der Waals surface area contributed by atoms with Crippen LogP contribution in [0.2, 0.25) is 0 Å². The van der Waals surface area contributed by atoms with E-state index in [2.05, 4.69) is 27.2 Å². The van der Waals surface area contributed by atoms with Gasteiger partial charge in [0.25, 0.3) is 5.91 Å². The maximum Gasteiger partial charge on any atom is 0.251 e. The number of fused-ring (bicyclic) bond motifs is 3. The second-order valence-corrected chi connectivity index (χ2v) is 9.61. The number of allylic oxidation sites excluding steroid dienone is 2. The van der Waals surface area contributed by atoms with E-state index in [0.717, 1.165) is 17.4 Å². The van der Waals surface area contributed by atoms with Crippen LogP contribution in [0.3, 0.4) is 0 Å². The number of sulfonamides is 1. The second kappa shape index (κ2) is 6.10. The van der Waals surface area contributed by atoms with E-state index >= 15 is 0 Å². The Bertz CT molecular complexity index is 965. The van der Waals surface area contributed by atoms with Crippen molar-refractivity contribution in [3.63, 3.8) is 0 Å². The van der Waals surface area contributed by atoms with Gasteiger partial charge in [0.2, 0.25) is 10.0 Å². The lowest BCUT2D eigenvalue weighted by Gasteiger charge is -2.18. The standard InChI is InChI=1S/C17H19N3O3S2/c1-25(22,23)20-17-19-14-5-4-12(8-15(14)24-17)16(21)18-9-13-7-10-2-3-11(13)6-10/h2-5,8,10-11,13H,6-7,9H2,1H3,(H,18,21)(H,19,20)/t10-,11-,13-/m1/s1. The number of anilines is 1. The smallest absolute Gasteiger partial charge is 0.251 e. The molecule has 0 unspecified atom stereocenters. The maximum atomic E-state index is 12.4.